The summed E-state index contributed by atoms with van der Waals surface area (Å²) in [6, 6.07) is 42.8. The zero-order chi connectivity index (χ0) is 41.3. The van der Waals surface area contributed by atoms with Gasteiger partial charge in [-0.05, 0) is 86.9 Å². The Labute approximate surface area is 368 Å². The van der Waals surface area contributed by atoms with Crippen molar-refractivity contribution in [3.8, 4) is 28.6 Å². The molecule has 0 saturated heterocycles. The number of nitrogens with zero attached hydrogens (tertiary/aromatic N) is 6. The molecular weight excluding hydrogens is 920 g/mol. The fourth-order valence-corrected chi connectivity index (χ4v) is 8.03. The Kier molecular flexibility index (Phi) is 10.5. The number of anilines is 4. The van der Waals surface area contributed by atoms with E-state index in [-0.39, 0.29) is 37.3 Å². The van der Waals surface area contributed by atoms with E-state index in [9.17, 15) is 0 Å². The molecule has 1 aliphatic heterocycles. The predicted octanol–water partition coefficient (Wildman–Crippen LogP) is 13.3. The summed E-state index contributed by atoms with van der Waals surface area (Å²) in [5, 5.41) is 2.22. The molecule has 0 spiro atoms. The van der Waals surface area contributed by atoms with Gasteiger partial charge in [0.1, 0.15) is 5.82 Å². The average molecular weight is 969 g/mol. The molecule has 0 radical (unpaired) electrons. The van der Waals surface area contributed by atoms with Crippen molar-refractivity contribution in [2.24, 2.45) is 0 Å². The Morgan fingerprint density at radius 3 is 2.05 bits per heavy atom. The van der Waals surface area contributed by atoms with Gasteiger partial charge in [0.2, 0.25) is 0 Å². The molecule has 0 aliphatic carbocycles. The minimum absolute atomic E-state index is 0. The molecule has 0 bridgehead atoms. The smallest absolute Gasteiger partial charge is 0.135 e. The summed E-state index contributed by atoms with van der Waals surface area (Å²) >= 11 is 0. The quantitative estimate of drug-likeness (QED) is 0.155. The van der Waals surface area contributed by atoms with Gasteiger partial charge < -0.3 is 19.1 Å². The molecule has 8 aromatic rings. The fourth-order valence-electron chi connectivity index (χ4n) is 8.03. The van der Waals surface area contributed by atoms with Gasteiger partial charge in [0.05, 0.1) is 17.6 Å². The molecule has 5 heterocycles. The summed E-state index contributed by atoms with van der Waals surface area (Å²) < 4.78 is 8.80. The van der Waals surface area contributed by atoms with Gasteiger partial charge in [-0.1, -0.05) is 92.1 Å². The second-order valence-electron chi connectivity index (χ2n) is 18.4. The molecule has 0 N–H and O–H groups in total. The number of rotatable bonds is 6. The van der Waals surface area contributed by atoms with E-state index in [2.05, 4.69) is 173 Å². The van der Waals surface area contributed by atoms with Crippen molar-refractivity contribution in [3.05, 3.63) is 163 Å². The molecular formula is C52H49N6OPt-3. The van der Waals surface area contributed by atoms with Crippen LogP contribution in [0.3, 0.4) is 0 Å². The van der Waals surface area contributed by atoms with Crippen molar-refractivity contribution < 1.29 is 25.8 Å². The first-order chi connectivity index (χ1) is 28.1. The number of hydrogen-bond acceptors (Lipinski definition) is 6. The van der Waals surface area contributed by atoms with Crippen LogP contribution >= 0.6 is 0 Å². The van der Waals surface area contributed by atoms with Crippen LogP contribution in [-0.2, 0) is 37.3 Å². The van der Waals surface area contributed by atoms with Gasteiger partial charge in [0, 0.05) is 73.6 Å². The Bertz CT molecular complexity index is 2830. The number of fused-ring (bicyclic) bond motifs is 4. The molecule has 0 unspecified atom stereocenters. The number of para-hydroxylation sites is 1. The minimum Gasteiger partial charge on any atom is -0.509 e. The summed E-state index contributed by atoms with van der Waals surface area (Å²) in [6.07, 6.45) is 7.55. The molecule has 306 valence electrons. The second-order valence-corrected chi connectivity index (χ2v) is 18.4. The Morgan fingerprint density at radius 2 is 1.33 bits per heavy atom. The van der Waals surface area contributed by atoms with Gasteiger partial charge in [-0.3, -0.25) is 9.97 Å². The van der Waals surface area contributed by atoms with Crippen LogP contribution in [0, 0.1) is 18.8 Å². The summed E-state index contributed by atoms with van der Waals surface area (Å²) in [7, 11) is 0. The van der Waals surface area contributed by atoms with Crippen LogP contribution in [0.5, 0.6) is 11.5 Å². The Morgan fingerprint density at radius 1 is 0.600 bits per heavy atom. The van der Waals surface area contributed by atoms with E-state index in [1.54, 1.807) is 0 Å². The maximum Gasteiger partial charge on any atom is 0.135 e. The molecule has 4 aromatic carbocycles. The van der Waals surface area contributed by atoms with Crippen LogP contribution < -0.4 is 14.5 Å². The predicted molar refractivity (Wildman–Crippen MR) is 241 cm³/mol. The number of ether oxygens (including phenoxy) is 1. The first-order valence-electron chi connectivity index (χ1n) is 20.3. The van der Waals surface area contributed by atoms with E-state index in [4.69, 9.17) is 14.7 Å². The maximum atomic E-state index is 6.62. The molecule has 0 fully saturated rings. The molecule has 0 saturated carbocycles. The van der Waals surface area contributed by atoms with Gasteiger partial charge in [-0.15, -0.1) is 48.1 Å². The van der Waals surface area contributed by atoms with E-state index in [0.717, 1.165) is 61.6 Å². The van der Waals surface area contributed by atoms with Crippen molar-refractivity contribution in [1.29, 1.82) is 0 Å². The van der Waals surface area contributed by atoms with Crippen LogP contribution in [0.4, 0.5) is 22.7 Å². The molecule has 60 heavy (non-hydrogen) atoms. The van der Waals surface area contributed by atoms with E-state index in [1.165, 1.54) is 16.7 Å². The maximum absolute atomic E-state index is 6.62. The third-order valence-corrected chi connectivity index (χ3v) is 11.1. The van der Waals surface area contributed by atoms with Crippen molar-refractivity contribution in [2.45, 2.75) is 78.6 Å². The summed E-state index contributed by atoms with van der Waals surface area (Å²) in [5.74, 6) is 2.03. The van der Waals surface area contributed by atoms with Crippen molar-refractivity contribution >= 4 is 44.6 Å². The average Bonchev–Trinajstić information content (AvgIpc) is 3.76. The standard InChI is InChI=1S/C52H49N6O.Pt/c1-50(2,3)35-22-26-55-48(29-35)58-44-19-11-10-17-39(44)40-21-20-38(31-46(40)58)59-37-16-14-15-36(30-37)56-33-57(47-32-53-25-23-45(47)56)49-41(51(4,5)6)27-34(28-42(49)52(7,8)9)43-18-12-13-24-54-43;/h10-29,32-33H,1-9H3;/q-3;. The largest absolute Gasteiger partial charge is 0.509 e. The summed E-state index contributed by atoms with van der Waals surface area (Å²) in [4.78, 5) is 18.7. The van der Waals surface area contributed by atoms with E-state index in [0.29, 0.717) is 11.5 Å². The third-order valence-electron chi connectivity index (χ3n) is 11.1. The first kappa shape index (κ1) is 41.0. The molecule has 0 atom stereocenters. The summed E-state index contributed by atoms with van der Waals surface area (Å²) in [5.41, 5.74) is 11.3. The van der Waals surface area contributed by atoms with E-state index >= 15 is 0 Å². The normalized spacial score (nSPS) is 13.2. The van der Waals surface area contributed by atoms with Gasteiger partial charge in [0.25, 0.3) is 0 Å². The minimum atomic E-state index is -0.182. The van der Waals surface area contributed by atoms with Gasteiger partial charge in [-0.2, -0.15) is 12.1 Å². The van der Waals surface area contributed by atoms with Crippen LogP contribution in [-0.4, -0.2) is 19.5 Å². The number of benzene rings is 4. The van der Waals surface area contributed by atoms with Gasteiger partial charge in [-0.25, -0.2) is 4.98 Å². The number of aromatic nitrogens is 4. The fraction of sp³-hybridized carbons (Fsp3) is 0.231. The van der Waals surface area contributed by atoms with Gasteiger partial charge >= 0.3 is 0 Å². The molecule has 7 nitrogen and oxygen atoms in total. The zero-order valence-corrected chi connectivity index (χ0v) is 37.9. The van der Waals surface area contributed by atoms with Crippen LogP contribution in [0.15, 0.2) is 128 Å². The molecule has 4 aromatic heterocycles. The number of pyridine rings is 3. The van der Waals surface area contributed by atoms with Crippen molar-refractivity contribution in [3.63, 3.8) is 0 Å². The molecule has 8 heteroatoms. The van der Waals surface area contributed by atoms with Crippen LogP contribution in [0.25, 0.3) is 38.9 Å². The molecule has 0 amide bonds. The second kappa shape index (κ2) is 15.4. The van der Waals surface area contributed by atoms with E-state index < -0.39 is 0 Å². The summed E-state index contributed by atoms with van der Waals surface area (Å²) in [6.45, 7) is 22.5. The van der Waals surface area contributed by atoms with Crippen molar-refractivity contribution in [1.82, 2.24) is 19.5 Å². The third kappa shape index (κ3) is 7.49. The number of hydrogen-bond donors (Lipinski definition) is 0. The zero-order valence-electron chi connectivity index (χ0n) is 35.6. The molecule has 1 aliphatic rings. The Balaban J connectivity index is 0.00000499. The van der Waals surface area contributed by atoms with E-state index in [1.807, 2.05) is 55.1 Å². The Hall–Kier alpha value is -5.78. The van der Waals surface area contributed by atoms with Gasteiger partial charge in [0.15, 0.2) is 0 Å². The van der Waals surface area contributed by atoms with Crippen LogP contribution in [0.2, 0.25) is 0 Å². The molecule has 9 rings (SSSR count). The van der Waals surface area contributed by atoms with Crippen molar-refractivity contribution in [2.75, 3.05) is 9.80 Å². The monoisotopic (exact) mass is 968 g/mol. The SMILES string of the molecule is CC(C)(C)c1ccnc(-n2c3[c-]c(Oc4[c-]c(N5[CH-]N(c6c(C(C)(C)C)cc(-c7ccccn7)cc6C(C)(C)C)c6cnccc65)ccc4)ccc3c3ccccc32)c1.[Pt]. The van der Waals surface area contributed by atoms with Crippen LogP contribution in [0.1, 0.15) is 79.0 Å². The topological polar surface area (TPSA) is 59.3 Å². The first-order valence-corrected chi connectivity index (χ1v) is 20.3.